The lowest BCUT2D eigenvalue weighted by molar-refractivity contribution is -0.140. The molecule has 0 unspecified atom stereocenters. The fourth-order valence-corrected chi connectivity index (χ4v) is 6.40. The lowest BCUT2D eigenvalue weighted by Crippen LogP contribution is -2.54. The van der Waals surface area contributed by atoms with E-state index in [2.05, 4.69) is 21.2 Å². The highest BCUT2D eigenvalue weighted by atomic mass is 79.9. The Morgan fingerprint density at radius 2 is 1.40 bits per heavy atom. The lowest BCUT2D eigenvalue weighted by Gasteiger charge is -2.34. The zero-order valence-corrected chi connectivity index (χ0v) is 27.0. The fraction of sp³-hybridized carbons (Fsp3) is 0.212. The first kappa shape index (κ1) is 32.3. The molecule has 0 aliphatic heterocycles. The minimum atomic E-state index is -4.15. The van der Waals surface area contributed by atoms with Crippen molar-refractivity contribution in [2.45, 2.75) is 43.8 Å². The van der Waals surface area contributed by atoms with Crippen molar-refractivity contribution in [1.82, 2.24) is 10.2 Å². The van der Waals surface area contributed by atoms with E-state index < -0.39 is 28.5 Å². The summed E-state index contributed by atoms with van der Waals surface area (Å²) in [6, 6.07) is 30.0. The summed E-state index contributed by atoms with van der Waals surface area (Å²) in [4.78, 5) is 29.6. The molecule has 0 heterocycles. The number of anilines is 1. The van der Waals surface area contributed by atoms with Gasteiger partial charge in [-0.1, -0.05) is 88.2 Å². The molecule has 0 aromatic heterocycles. The number of carbonyl (C=O) groups excluding carboxylic acids is 2. The molecule has 1 N–H and O–H groups in total. The van der Waals surface area contributed by atoms with Crippen molar-refractivity contribution >= 4 is 55.1 Å². The predicted octanol–water partition coefficient (Wildman–Crippen LogP) is 6.46. The molecule has 0 radical (unpaired) electrons. The summed E-state index contributed by atoms with van der Waals surface area (Å²) in [7, 11) is -4.15. The lowest BCUT2D eigenvalue weighted by atomic mass is 10.0. The molecule has 0 saturated carbocycles. The maximum atomic E-state index is 14.4. The van der Waals surface area contributed by atoms with Crippen LogP contribution in [0.5, 0.6) is 0 Å². The van der Waals surface area contributed by atoms with Crippen molar-refractivity contribution in [3.05, 3.63) is 130 Å². The van der Waals surface area contributed by atoms with Gasteiger partial charge in [-0.25, -0.2) is 8.42 Å². The fourth-order valence-electron chi connectivity index (χ4n) is 4.58. The van der Waals surface area contributed by atoms with E-state index in [4.69, 9.17) is 11.6 Å². The van der Waals surface area contributed by atoms with Crippen LogP contribution in [0.2, 0.25) is 5.02 Å². The van der Waals surface area contributed by atoms with Crippen LogP contribution in [0.1, 0.15) is 25.0 Å². The molecule has 4 aromatic carbocycles. The van der Waals surface area contributed by atoms with E-state index in [1.54, 1.807) is 66.7 Å². The Morgan fingerprint density at radius 1 is 0.814 bits per heavy atom. The van der Waals surface area contributed by atoms with E-state index >= 15 is 0 Å². The highest BCUT2D eigenvalue weighted by Gasteiger charge is 2.34. The van der Waals surface area contributed by atoms with Gasteiger partial charge in [-0.2, -0.15) is 0 Å². The van der Waals surface area contributed by atoms with Gasteiger partial charge in [-0.15, -0.1) is 0 Å². The summed E-state index contributed by atoms with van der Waals surface area (Å²) in [5, 5.41) is 3.49. The molecule has 1 atom stereocenters. The molecule has 2 amide bonds. The van der Waals surface area contributed by atoms with Gasteiger partial charge < -0.3 is 10.2 Å². The van der Waals surface area contributed by atoms with Crippen LogP contribution in [0.3, 0.4) is 0 Å². The van der Waals surface area contributed by atoms with Crippen molar-refractivity contribution in [3.63, 3.8) is 0 Å². The molecule has 0 fully saturated rings. The first-order chi connectivity index (χ1) is 20.5. The van der Waals surface area contributed by atoms with Crippen molar-refractivity contribution in [2.75, 3.05) is 10.8 Å². The molecule has 0 aliphatic rings. The number of hydrogen-bond acceptors (Lipinski definition) is 4. The molecular weight excluding hydrogens is 650 g/mol. The molecule has 43 heavy (non-hydrogen) atoms. The van der Waals surface area contributed by atoms with Gasteiger partial charge in [-0.3, -0.25) is 13.9 Å². The van der Waals surface area contributed by atoms with Crippen molar-refractivity contribution in [2.24, 2.45) is 0 Å². The molecule has 7 nitrogen and oxygen atoms in total. The van der Waals surface area contributed by atoms with Gasteiger partial charge >= 0.3 is 0 Å². The smallest absolute Gasteiger partial charge is 0.264 e. The van der Waals surface area contributed by atoms with Crippen LogP contribution in [0.25, 0.3) is 0 Å². The first-order valence-electron chi connectivity index (χ1n) is 13.8. The number of hydrogen-bond donors (Lipinski definition) is 1. The maximum absolute atomic E-state index is 14.4. The second kappa shape index (κ2) is 14.7. The summed E-state index contributed by atoms with van der Waals surface area (Å²) in [5.41, 5.74) is 1.93. The Kier molecular flexibility index (Phi) is 11.0. The largest absolute Gasteiger partial charge is 0.352 e. The third kappa shape index (κ3) is 8.69. The van der Waals surface area contributed by atoms with E-state index in [9.17, 15) is 18.0 Å². The van der Waals surface area contributed by atoms with Crippen molar-refractivity contribution < 1.29 is 18.0 Å². The van der Waals surface area contributed by atoms with Gasteiger partial charge in [0.05, 0.1) is 10.6 Å². The molecular formula is C33H33BrClN3O4S. The van der Waals surface area contributed by atoms with E-state index in [1.165, 1.54) is 17.0 Å². The number of carbonyl (C=O) groups is 2. The second-order valence-electron chi connectivity index (χ2n) is 10.3. The van der Waals surface area contributed by atoms with Crippen LogP contribution in [-0.2, 0) is 32.6 Å². The normalized spacial score (nSPS) is 12.0. The van der Waals surface area contributed by atoms with Crippen LogP contribution >= 0.6 is 27.5 Å². The summed E-state index contributed by atoms with van der Waals surface area (Å²) < 4.78 is 29.8. The zero-order valence-electron chi connectivity index (χ0n) is 23.9. The van der Waals surface area contributed by atoms with Gasteiger partial charge in [0, 0.05) is 28.5 Å². The molecule has 224 valence electrons. The number of nitrogens with one attached hydrogen (secondary N) is 1. The number of benzene rings is 4. The molecule has 0 spiro atoms. The standard InChI is InChI=1S/C33H33BrClN3O4S/c1-24(2)36-33(40)31(21-25-9-5-3-6-10-25)37(22-26-13-17-28(35)18-14-26)32(39)23-38(29-19-15-27(34)16-20-29)43(41,42)30-11-7-4-8-12-30/h3-20,24,31H,21-23H2,1-2H3,(H,36,40)/t31-/m0/s1. The third-order valence-corrected chi connectivity index (χ3v) is 9.26. The van der Waals surface area contributed by atoms with Gasteiger partial charge in [-0.05, 0) is 73.5 Å². The molecule has 4 aromatic rings. The Bertz CT molecular complexity index is 1620. The molecule has 10 heteroatoms. The number of sulfonamides is 1. The summed E-state index contributed by atoms with van der Waals surface area (Å²) >= 11 is 9.52. The van der Waals surface area contributed by atoms with Crippen LogP contribution in [0.15, 0.2) is 119 Å². The Hall–Kier alpha value is -3.66. The topological polar surface area (TPSA) is 86.8 Å². The monoisotopic (exact) mass is 681 g/mol. The third-order valence-electron chi connectivity index (χ3n) is 6.69. The average Bonchev–Trinajstić information content (AvgIpc) is 2.99. The second-order valence-corrected chi connectivity index (χ2v) is 13.5. The van der Waals surface area contributed by atoms with E-state index in [1.807, 2.05) is 44.2 Å². The van der Waals surface area contributed by atoms with E-state index in [-0.39, 0.29) is 29.8 Å². The number of nitrogens with zero attached hydrogens (tertiary/aromatic N) is 2. The van der Waals surface area contributed by atoms with E-state index in [0.29, 0.717) is 10.7 Å². The Labute approximate surface area is 266 Å². The van der Waals surface area contributed by atoms with Gasteiger partial charge in [0.1, 0.15) is 12.6 Å². The van der Waals surface area contributed by atoms with Gasteiger partial charge in [0.25, 0.3) is 10.0 Å². The molecule has 0 bridgehead atoms. The number of halogens is 2. The van der Waals surface area contributed by atoms with Crippen molar-refractivity contribution in [1.29, 1.82) is 0 Å². The first-order valence-corrected chi connectivity index (χ1v) is 16.4. The maximum Gasteiger partial charge on any atom is 0.264 e. The Balaban J connectivity index is 1.79. The average molecular weight is 683 g/mol. The minimum absolute atomic E-state index is 0.0494. The zero-order chi connectivity index (χ0) is 31.0. The summed E-state index contributed by atoms with van der Waals surface area (Å²) in [6.07, 6.45) is 0.239. The van der Waals surface area contributed by atoms with Gasteiger partial charge in [0.2, 0.25) is 11.8 Å². The quantitative estimate of drug-likeness (QED) is 0.186. The predicted molar refractivity (Wildman–Crippen MR) is 174 cm³/mol. The van der Waals surface area contributed by atoms with Crippen LogP contribution in [0.4, 0.5) is 5.69 Å². The Morgan fingerprint density at radius 3 is 1.98 bits per heavy atom. The summed E-state index contributed by atoms with van der Waals surface area (Å²) in [5.74, 6) is -0.862. The molecule has 4 rings (SSSR count). The highest BCUT2D eigenvalue weighted by Crippen LogP contribution is 2.26. The van der Waals surface area contributed by atoms with Crippen LogP contribution < -0.4 is 9.62 Å². The van der Waals surface area contributed by atoms with Crippen LogP contribution in [-0.4, -0.2) is 43.8 Å². The SMILES string of the molecule is CC(C)NC(=O)[C@H](Cc1ccccc1)N(Cc1ccc(Cl)cc1)C(=O)CN(c1ccc(Br)cc1)S(=O)(=O)c1ccccc1. The number of rotatable bonds is 12. The minimum Gasteiger partial charge on any atom is -0.352 e. The molecule has 0 aliphatic carbocycles. The number of amides is 2. The van der Waals surface area contributed by atoms with Crippen molar-refractivity contribution in [3.8, 4) is 0 Å². The molecule has 0 saturated heterocycles. The summed E-state index contributed by atoms with van der Waals surface area (Å²) in [6.45, 7) is 3.25. The van der Waals surface area contributed by atoms with Gasteiger partial charge in [0.15, 0.2) is 0 Å². The van der Waals surface area contributed by atoms with E-state index in [0.717, 1.165) is 19.9 Å². The highest BCUT2D eigenvalue weighted by molar-refractivity contribution is 9.10. The van der Waals surface area contributed by atoms with Crippen LogP contribution in [0, 0.1) is 0 Å².